The highest BCUT2D eigenvalue weighted by Gasteiger charge is 2.28. The molecule has 0 atom stereocenters. The molecule has 0 bridgehead atoms. The Morgan fingerprint density at radius 3 is 2.70 bits per heavy atom. The van der Waals surface area contributed by atoms with Crippen LogP contribution in [-0.2, 0) is 9.47 Å². The van der Waals surface area contributed by atoms with Crippen molar-refractivity contribution in [1.82, 2.24) is 4.98 Å². The Balaban J connectivity index is 1.63. The van der Waals surface area contributed by atoms with E-state index in [0.717, 1.165) is 16.9 Å². The molecule has 1 aliphatic rings. The highest BCUT2D eigenvalue weighted by atomic mass is 32.1. The summed E-state index contributed by atoms with van der Waals surface area (Å²) in [5.74, 6) is 0.215. The van der Waals surface area contributed by atoms with Crippen molar-refractivity contribution in [2.24, 2.45) is 0 Å². The zero-order valence-electron chi connectivity index (χ0n) is 21.0. The predicted octanol–water partition coefficient (Wildman–Crippen LogP) is 6.02. The lowest BCUT2D eigenvalue weighted by Crippen LogP contribution is -2.23. The van der Waals surface area contributed by atoms with Crippen LogP contribution >= 0.6 is 22.7 Å². The molecule has 11 heteroatoms. The van der Waals surface area contributed by atoms with E-state index in [9.17, 15) is 14.9 Å². The molecule has 9 nitrogen and oxygen atoms in total. The van der Waals surface area contributed by atoms with E-state index in [4.69, 9.17) is 18.9 Å². The quantitative estimate of drug-likeness (QED) is 0.284. The molecule has 1 aliphatic heterocycles. The summed E-state index contributed by atoms with van der Waals surface area (Å²) >= 11 is 2.37. The lowest BCUT2D eigenvalue weighted by Gasteiger charge is -2.19. The van der Waals surface area contributed by atoms with E-state index in [0.29, 0.717) is 32.8 Å². The molecule has 3 heterocycles. The first kappa shape index (κ1) is 26.2. The van der Waals surface area contributed by atoms with Crippen LogP contribution in [0.15, 0.2) is 29.8 Å². The van der Waals surface area contributed by atoms with Crippen LogP contribution in [-0.4, -0.2) is 35.9 Å². The summed E-state index contributed by atoms with van der Waals surface area (Å²) in [5.41, 5.74) is 1.76. The van der Waals surface area contributed by atoms with Gasteiger partial charge in [0.05, 0.1) is 17.9 Å². The summed E-state index contributed by atoms with van der Waals surface area (Å²) in [6.07, 6.45) is 1.47. The average Bonchev–Trinajstić information content (AvgIpc) is 3.57. The number of esters is 2. The van der Waals surface area contributed by atoms with Crippen LogP contribution in [0.25, 0.3) is 16.8 Å². The van der Waals surface area contributed by atoms with Gasteiger partial charge in [-0.3, -0.25) is 0 Å². The van der Waals surface area contributed by atoms with Crippen LogP contribution in [0.4, 0.5) is 5.00 Å². The minimum atomic E-state index is -0.695. The van der Waals surface area contributed by atoms with E-state index in [2.05, 4.69) is 16.4 Å². The number of thiazole rings is 1. The van der Waals surface area contributed by atoms with Crippen LogP contribution in [0.2, 0.25) is 0 Å². The van der Waals surface area contributed by atoms with E-state index in [-0.39, 0.29) is 29.4 Å². The molecular weight excluding hydrogens is 514 g/mol. The fourth-order valence-electron chi connectivity index (χ4n) is 3.45. The number of hydrogen-bond acceptors (Lipinski definition) is 11. The molecule has 0 spiro atoms. The normalized spacial score (nSPS) is 12.7. The Labute approximate surface area is 222 Å². The number of carbonyl (C=O) groups excluding carboxylic acids is 2. The first-order chi connectivity index (χ1) is 17.6. The number of rotatable bonds is 7. The molecule has 0 fully saturated rings. The zero-order chi connectivity index (χ0) is 26.7. The predicted molar refractivity (Wildman–Crippen MR) is 141 cm³/mol. The SMILES string of the molecule is CCOC(=O)c1c(NC=C(C#N)c2nc(-c3ccc4c(c3)OCO4)cs2)sc(C(=O)OC(C)(C)C)c1C. The third-order valence-corrected chi connectivity index (χ3v) is 7.16. The Morgan fingerprint density at radius 2 is 2.00 bits per heavy atom. The van der Waals surface area contributed by atoms with E-state index >= 15 is 0 Å². The smallest absolute Gasteiger partial charge is 0.349 e. The number of anilines is 1. The monoisotopic (exact) mass is 539 g/mol. The second kappa shape index (κ2) is 10.6. The fraction of sp³-hybridized carbons (Fsp3) is 0.308. The highest BCUT2D eigenvalue weighted by Crippen LogP contribution is 2.38. The van der Waals surface area contributed by atoms with Gasteiger partial charge in [0.2, 0.25) is 6.79 Å². The van der Waals surface area contributed by atoms with Crippen molar-refractivity contribution in [2.45, 2.75) is 40.2 Å². The molecule has 0 unspecified atom stereocenters. The molecular formula is C26H25N3O6S2. The summed E-state index contributed by atoms with van der Waals surface area (Å²) < 4.78 is 21.5. The molecule has 4 rings (SSSR count). The Bertz CT molecular complexity index is 1420. The fourth-order valence-corrected chi connectivity index (χ4v) is 5.28. The summed E-state index contributed by atoms with van der Waals surface area (Å²) in [5, 5.41) is 15.5. The van der Waals surface area contributed by atoms with Gasteiger partial charge in [-0.2, -0.15) is 5.26 Å². The maximum absolute atomic E-state index is 12.8. The number of ether oxygens (including phenoxy) is 4. The molecule has 0 radical (unpaired) electrons. The van der Waals surface area contributed by atoms with Gasteiger partial charge >= 0.3 is 11.9 Å². The number of nitriles is 1. The summed E-state index contributed by atoms with van der Waals surface area (Å²) in [6, 6.07) is 7.67. The molecule has 192 valence electrons. The van der Waals surface area contributed by atoms with Crippen LogP contribution in [0.1, 0.15) is 58.3 Å². The van der Waals surface area contributed by atoms with Gasteiger partial charge in [-0.1, -0.05) is 0 Å². The molecule has 37 heavy (non-hydrogen) atoms. The van der Waals surface area contributed by atoms with Crippen LogP contribution in [0.5, 0.6) is 11.5 Å². The zero-order valence-corrected chi connectivity index (χ0v) is 22.6. The lowest BCUT2D eigenvalue weighted by molar-refractivity contribution is 0.00744. The summed E-state index contributed by atoms with van der Waals surface area (Å²) in [4.78, 5) is 30.4. The van der Waals surface area contributed by atoms with Crippen molar-refractivity contribution in [3.63, 3.8) is 0 Å². The van der Waals surface area contributed by atoms with Crippen molar-refractivity contribution < 1.29 is 28.5 Å². The second-order valence-corrected chi connectivity index (χ2v) is 10.8. The van der Waals surface area contributed by atoms with Gasteiger partial charge in [0.15, 0.2) is 11.5 Å². The van der Waals surface area contributed by atoms with E-state index in [1.807, 2.05) is 23.6 Å². The lowest BCUT2D eigenvalue weighted by atomic mass is 10.1. The second-order valence-electron chi connectivity index (χ2n) is 8.90. The van der Waals surface area contributed by atoms with E-state index in [1.165, 1.54) is 17.5 Å². The van der Waals surface area contributed by atoms with Crippen LogP contribution < -0.4 is 14.8 Å². The number of fused-ring (bicyclic) bond motifs is 1. The molecule has 1 aromatic carbocycles. The third kappa shape index (κ3) is 5.76. The van der Waals surface area contributed by atoms with Crippen LogP contribution in [0, 0.1) is 18.3 Å². The number of carbonyl (C=O) groups is 2. The van der Waals surface area contributed by atoms with Gasteiger partial charge in [0, 0.05) is 17.1 Å². The molecule has 0 saturated heterocycles. The minimum Gasteiger partial charge on any atom is -0.462 e. The Hall–Kier alpha value is -3.88. The van der Waals surface area contributed by atoms with Gasteiger partial charge in [0.25, 0.3) is 0 Å². The topological polar surface area (TPSA) is 120 Å². The Kier molecular flexibility index (Phi) is 7.52. The number of hydrogen-bond donors (Lipinski definition) is 1. The van der Waals surface area contributed by atoms with Gasteiger partial charge < -0.3 is 24.3 Å². The standard InChI is InChI=1S/C26H25N3O6S2/c1-6-32-24(30)20-14(2)21(25(31)35-26(3,4)5)37-23(20)28-11-16(10-27)22-29-17(12-36-22)15-7-8-18-19(9-15)34-13-33-18/h7-9,11-12,28H,6,13H2,1-5H3. The van der Waals surface area contributed by atoms with Gasteiger partial charge in [-0.15, -0.1) is 22.7 Å². The number of benzene rings is 1. The van der Waals surface area contributed by atoms with Crippen molar-refractivity contribution >= 4 is 45.2 Å². The van der Waals surface area contributed by atoms with Crippen molar-refractivity contribution in [1.29, 1.82) is 5.26 Å². The number of aromatic nitrogens is 1. The first-order valence-corrected chi connectivity index (χ1v) is 13.1. The summed E-state index contributed by atoms with van der Waals surface area (Å²) in [6.45, 7) is 9.04. The maximum Gasteiger partial charge on any atom is 0.349 e. The van der Waals surface area contributed by atoms with Crippen molar-refractivity contribution in [3.8, 4) is 28.8 Å². The number of nitrogens with zero attached hydrogens (tertiary/aromatic N) is 2. The first-order valence-electron chi connectivity index (χ1n) is 11.4. The third-order valence-electron chi connectivity index (χ3n) is 5.08. The highest BCUT2D eigenvalue weighted by molar-refractivity contribution is 7.18. The number of allylic oxidation sites excluding steroid dienone is 1. The molecule has 0 amide bonds. The van der Waals surface area contributed by atoms with Gasteiger partial charge in [0.1, 0.15) is 32.1 Å². The number of thiophene rings is 1. The molecule has 0 aliphatic carbocycles. The number of nitrogens with one attached hydrogen (secondary N) is 1. The van der Waals surface area contributed by atoms with E-state index < -0.39 is 17.5 Å². The molecule has 0 saturated carbocycles. The van der Waals surface area contributed by atoms with E-state index in [1.54, 1.807) is 34.6 Å². The largest absolute Gasteiger partial charge is 0.462 e. The average molecular weight is 540 g/mol. The molecule has 1 N–H and O–H groups in total. The van der Waals surface area contributed by atoms with Crippen LogP contribution in [0.3, 0.4) is 0 Å². The van der Waals surface area contributed by atoms with Gasteiger partial charge in [-0.05, 0) is 58.4 Å². The minimum absolute atomic E-state index is 0.177. The maximum atomic E-state index is 12.8. The molecule has 3 aromatic rings. The van der Waals surface area contributed by atoms with Crippen molar-refractivity contribution in [3.05, 3.63) is 50.8 Å². The van der Waals surface area contributed by atoms with Gasteiger partial charge in [-0.25, -0.2) is 14.6 Å². The summed E-state index contributed by atoms with van der Waals surface area (Å²) in [7, 11) is 0. The van der Waals surface area contributed by atoms with Crippen molar-refractivity contribution in [2.75, 3.05) is 18.7 Å². The molecule has 2 aromatic heterocycles. The Morgan fingerprint density at radius 1 is 1.24 bits per heavy atom.